The van der Waals surface area contributed by atoms with E-state index in [4.69, 9.17) is 21.1 Å². The summed E-state index contributed by atoms with van der Waals surface area (Å²) in [5.41, 5.74) is 0.770. The molecule has 0 spiro atoms. The maximum absolute atomic E-state index is 14.4. The second-order valence-electron chi connectivity index (χ2n) is 6.36. The summed E-state index contributed by atoms with van der Waals surface area (Å²) in [5.74, 6) is -0.123. The first kappa shape index (κ1) is 19.5. The molecule has 1 fully saturated rings. The molecule has 0 aliphatic carbocycles. The molecule has 5 nitrogen and oxygen atoms in total. The molecule has 0 radical (unpaired) electrons. The molecule has 2 aromatic carbocycles. The van der Waals surface area contributed by atoms with Gasteiger partial charge in [0.15, 0.2) is 0 Å². The van der Waals surface area contributed by atoms with Crippen molar-refractivity contribution >= 4 is 23.2 Å². The van der Waals surface area contributed by atoms with Crippen LogP contribution in [-0.2, 0) is 4.74 Å². The van der Waals surface area contributed by atoms with Crippen molar-refractivity contribution in [2.24, 2.45) is 0 Å². The van der Waals surface area contributed by atoms with Crippen molar-refractivity contribution in [1.29, 1.82) is 0 Å². The quantitative estimate of drug-likeness (QED) is 0.817. The van der Waals surface area contributed by atoms with Crippen molar-refractivity contribution in [3.8, 4) is 5.75 Å². The number of anilines is 1. The van der Waals surface area contributed by atoms with Crippen molar-refractivity contribution in [1.82, 2.24) is 5.32 Å². The Hall–Kier alpha value is -2.31. The third kappa shape index (κ3) is 5.34. The Kier molecular flexibility index (Phi) is 6.53. The minimum atomic E-state index is -0.409. The minimum absolute atomic E-state index is 0.259. The van der Waals surface area contributed by atoms with Crippen LogP contribution >= 0.6 is 11.6 Å². The van der Waals surface area contributed by atoms with Crippen molar-refractivity contribution < 1.29 is 18.7 Å². The molecule has 7 heteroatoms. The first-order valence-electron chi connectivity index (χ1n) is 8.85. The van der Waals surface area contributed by atoms with Crippen LogP contribution in [0.1, 0.15) is 17.3 Å². The van der Waals surface area contributed by atoms with E-state index in [1.807, 2.05) is 11.8 Å². The largest absolute Gasteiger partial charge is 0.489 e. The summed E-state index contributed by atoms with van der Waals surface area (Å²) in [7, 11) is 0. The zero-order valence-corrected chi connectivity index (χ0v) is 15.8. The van der Waals surface area contributed by atoms with Gasteiger partial charge in [0.05, 0.1) is 25.4 Å². The Labute approximate surface area is 163 Å². The summed E-state index contributed by atoms with van der Waals surface area (Å²) < 4.78 is 25.4. The van der Waals surface area contributed by atoms with Gasteiger partial charge in [-0.15, -0.1) is 0 Å². The number of morpholine rings is 1. The fraction of sp³-hybridized carbons (Fsp3) is 0.350. The predicted octanol–water partition coefficient (Wildman–Crippen LogP) is 3.51. The molecule has 1 aliphatic heterocycles. The fourth-order valence-electron chi connectivity index (χ4n) is 2.86. The van der Waals surface area contributed by atoms with E-state index in [9.17, 15) is 9.18 Å². The average Bonchev–Trinajstić information content (AvgIpc) is 2.66. The average molecular weight is 393 g/mol. The molecule has 1 atom stereocenters. The maximum atomic E-state index is 14.4. The van der Waals surface area contributed by atoms with E-state index < -0.39 is 5.82 Å². The Morgan fingerprint density at radius 3 is 2.78 bits per heavy atom. The highest BCUT2D eigenvalue weighted by Gasteiger charge is 2.17. The Balaban J connectivity index is 1.55. The molecule has 0 aromatic heterocycles. The van der Waals surface area contributed by atoms with E-state index in [0.717, 1.165) is 0 Å². The molecule has 1 N–H and O–H groups in total. The lowest BCUT2D eigenvalue weighted by molar-refractivity contribution is 0.0931. The zero-order valence-electron chi connectivity index (χ0n) is 15.1. The SMILES string of the molecule is CC(CNC(=O)c1ccc(N2CCOCC2)c(F)c1)Oc1cccc(Cl)c1. The number of carbonyl (C=O) groups is 1. The monoisotopic (exact) mass is 392 g/mol. The topological polar surface area (TPSA) is 50.8 Å². The number of hydrogen-bond donors (Lipinski definition) is 1. The molecule has 1 aliphatic rings. The molecule has 1 heterocycles. The highest BCUT2D eigenvalue weighted by Crippen LogP contribution is 2.22. The van der Waals surface area contributed by atoms with Crippen LogP contribution in [-0.4, -0.2) is 44.9 Å². The van der Waals surface area contributed by atoms with Crippen LogP contribution in [0.3, 0.4) is 0 Å². The smallest absolute Gasteiger partial charge is 0.251 e. The lowest BCUT2D eigenvalue weighted by Gasteiger charge is -2.29. The molecular weight excluding hydrogens is 371 g/mol. The van der Waals surface area contributed by atoms with Crippen molar-refractivity contribution in [3.05, 3.63) is 58.9 Å². The minimum Gasteiger partial charge on any atom is -0.489 e. The number of nitrogens with zero attached hydrogens (tertiary/aromatic N) is 1. The fourth-order valence-corrected chi connectivity index (χ4v) is 3.04. The Morgan fingerprint density at radius 2 is 2.07 bits per heavy atom. The zero-order chi connectivity index (χ0) is 19.2. The lowest BCUT2D eigenvalue weighted by Crippen LogP contribution is -2.37. The summed E-state index contributed by atoms with van der Waals surface area (Å²) >= 11 is 5.92. The molecule has 0 saturated carbocycles. The number of nitrogens with one attached hydrogen (secondary N) is 1. The van der Waals surface area contributed by atoms with Gasteiger partial charge in [0.2, 0.25) is 0 Å². The highest BCUT2D eigenvalue weighted by atomic mass is 35.5. The number of rotatable bonds is 6. The van der Waals surface area contributed by atoms with Gasteiger partial charge >= 0.3 is 0 Å². The van der Waals surface area contributed by atoms with E-state index in [-0.39, 0.29) is 24.1 Å². The van der Waals surface area contributed by atoms with Crippen LogP contribution in [0.15, 0.2) is 42.5 Å². The molecule has 27 heavy (non-hydrogen) atoms. The summed E-state index contributed by atoms with van der Waals surface area (Å²) in [6.07, 6.45) is -0.259. The number of ether oxygens (including phenoxy) is 2. The number of halogens is 2. The highest BCUT2D eigenvalue weighted by molar-refractivity contribution is 6.30. The first-order chi connectivity index (χ1) is 13.0. The van der Waals surface area contributed by atoms with E-state index >= 15 is 0 Å². The molecule has 1 amide bonds. The molecule has 0 bridgehead atoms. The normalized spacial score (nSPS) is 15.3. The van der Waals surface area contributed by atoms with Gasteiger partial charge in [-0.1, -0.05) is 17.7 Å². The molecule has 144 valence electrons. The van der Waals surface area contributed by atoms with E-state index in [1.54, 1.807) is 36.4 Å². The van der Waals surface area contributed by atoms with Gasteiger partial charge in [-0.25, -0.2) is 4.39 Å². The number of hydrogen-bond acceptors (Lipinski definition) is 4. The predicted molar refractivity (Wildman–Crippen MR) is 103 cm³/mol. The standard InChI is InChI=1S/C20H22ClFN2O3/c1-14(27-17-4-2-3-16(21)12-17)13-23-20(25)15-5-6-19(18(22)11-15)24-7-9-26-10-8-24/h2-6,11-12,14H,7-10,13H2,1H3,(H,23,25). The van der Waals surface area contributed by atoms with Crippen LogP contribution in [0, 0.1) is 5.82 Å². The van der Waals surface area contributed by atoms with Gasteiger partial charge < -0.3 is 19.7 Å². The molecule has 2 aromatic rings. The van der Waals surface area contributed by atoms with Crippen molar-refractivity contribution in [2.75, 3.05) is 37.7 Å². The van der Waals surface area contributed by atoms with E-state index in [2.05, 4.69) is 5.32 Å². The Bertz CT molecular complexity index is 797. The summed E-state index contributed by atoms with van der Waals surface area (Å²) in [6.45, 7) is 4.56. The third-order valence-corrected chi connectivity index (χ3v) is 4.48. The third-order valence-electron chi connectivity index (χ3n) is 4.25. The van der Waals surface area contributed by atoms with Crippen LogP contribution in [0.4, 0.5) is 10.1 Å². The number of carbonyl (C=O) groups excluding carboxylic acids is 1. The van der Waals surface area contributed by atoms with Crippen LogP contribution in [0.2, 0.25) is 5.02 Å². The Morgan fingerprint density at radius 1 is 1.30 bits per heavy atom. The second kappa shape index (κ2) is 9.06. The maximum Gasteiger partial charge on any atom is 0.251 e. The van der Waals surface area contributed by atoms with E-state index in [1.165, 1.54) is 6.07 Å². The van der Waals surface area contributed by atoms with Gasteiger partial charge in [0.25, 0.3) is 5.91 Å². The second-order valence-corrected chi connectivity index (χ2v) is 6.80. The van der Waals surface area contributed by atoms with Gasteiger partial charge in [0.1, 0.15) is 17.7 Å². The van der Waals surface area contributed by atoms with Gasteiger partial charge in [-0.05, 0) is 43.3 Å². The van der Waals surface area contributed by atoms with Gasteiger partial charge in [-0.2, -0.15) is 0 Å². The summed E-state index contributed by atoms with van der Waals surface area (Å²) in [4.78, 5) is 14.2. The van der Waals surface area contributed by atoms with Crippen molar-refractivity contribution in [2.45, 2.75) is 13.0 Å². The summed E-state index contributed by atoms with van der Waals surface area (Å²) in [5, 5.41) is 3.35. The van der Waals surface area contributed by atoms with E-state index in [0.29, 0.717) is 42.8 Å². The lowest BCUT2D eigenvalue weighted by atomic mass is 10.1. The number of amides is 1. The molecule has 1 unspecified atom stereocenters. The van der Waals surface area contributed by atoms with Gasteiger partial charge in [-0.3, -0.25) is 4.79 Å². The van der Waals surface area contributed by atoms with Crippen molar-refractivity contribution in [3.63, 3.8) is 0 Å². The van der Waals surface area contributed by atoms with Gasteiger partial charge in [0, 0.05) is 23.7 Å². The first-order valence-corrected chi connectivity index (χ1v) is 9.23. The van der Waals surface area contributed by atoms with Crippen LogP contribution in [0.5, 0.6) is 5.75 Å². The summed E-state index contributed by atoms with van der Waals surface area (Å²) in [6, 6.07) is 11.6. The molecule has 1 saturated heterocycles. The molecular formula is C20H22ClFN2O3. The van der Waals surface area contributed by atoms with Crippen LogP contribution < -0.4 is 15.0 Å². The van der Waals surface area contributed by atoms with Crippen LogP contribution in [0.25, 0.3) is 0 Å². The number of benzene rings is 2. The molecule has 3 rings (SSSR count).